The molecule has 0 saturated carbocycles. The number of aryl methyl sites for hydroxylation is 1. The fourth-order valence-electron chi connectivity index (χ4n) is 2.52. The maximum absolute atomic E-state index is 12.8. The van der Waals surface area contributed by atoms with Gasteiger partial charge in [0.2, 0.25) is 0 Å². The summed E-state index contributed by atoms with van der Waals surface area (Å²) in [5, 5.41) is 9.96. The van der Waals surface area contributed by atoms with Crippen molar-refractivity contribution >= 4 is 16.8 Å². The van der Waals surface area contributed by atoms with Gasteiger partial charge in [-0.3, -0.25) is 9.78 Å². The lowest BCUT2D eigenvalue weighted by Crippen LogP contribution is -2.34. The minimum absolute atomic E-state index is 0.0446. The van der Waals surface area contributed by atoms with Gasteiger partial charge in [0.15, 0.2) is 0 Å². The molecule has 0 bridgehead atoms. The van der Waals surface area contributed by atoms with Crippen molar-refractivity contribution in [2.24, 2.45) is 0 Å². The summed E-state index contributed by atoms with van der Waals surface area (Å²) < 4.78 is 5.25. The highest BCUT2D eigenvalue weighted by molar-refractivity contribution is 6.06. The average Bonchev–Trinajstić information content (AvgIpc) is 2.52. The third kappa shape index (κ3) is 3.36. The van der Waals surface area contributed by atoms with Gasteiger partial charge in [-0.25, -0.2) is 0 Å². The minimum atomic E-state index is -0.0837. The van der Waals surface area contributed by atoms with E-state index in [4.69, 9.17) is 4.74 Å². The first-order chi connectivity index (χ1) is 10.6. The van der Waals surface area contributed by atoms with Crippen molar-refractivity contribution < 1.29 is 14.6 Å². The van der Waals surface area contributed by atoms with Gasteiger partial charge in [0, 0.05) is 24.2 Å². The summed E-state index contributed by atoms with van der Waals surface area (Å²) in [5.74, 6) is 0.607. The van der Waals surface area contributed by atoms with Crippen molar-refractivity contribution in [2.45, 2.75) is 20.3 Å². The van der Waals surface area contributed by atoms with Crippen molar-refractivity contribution in [3.63, 3.8) is 0 Å². The number of pyridine rings is 1. The lowest BCUT2D eigenvalue weighted by atomic mass is 10.1. The molecule has 1 amide bonds. The minimum Gasteiger partial charge on any atom is -0.497 e. The molecule has 5 heteroatoms. The monoisotopic (exact) mass is 302 g/mol. The number of hydrogen-bond donors (Lipinski definition) is 1. The second-order valence-electron chi connectivity index (χ2n) is 5.21. The molecule has 1 aromatic carbocycles. The number of fused-ring (bicyclic) bond motifs is 1. The second kappa shape index (κ2) is 7.22. The highest BCUT2D eigenvalue weighted by Crippen LogP contribution is 2.24. The molecule has 0 spiro atoms. The zero-order chi connectivity index (χ0) is 16.1. The Labute approximate surface area is 130 Å². The van der Waals surface area contributed by atoms with Crippen molar-refractivity contribution in [3.8, 4) is 5.75 Å². The summed E-state index contributed by atoms with van der Waals surface area (Å²) in [5.41, 5.74) is 2.16. The zero-order valence-electron chi connectivity index (χ0n) is 13.3. The quantitative estimate of drug-likeness (QED) is 0.890. The Bertz CT molecular complexity index is 664. The molecule has 0 fully saturated rings. The molecule has 0 saturated heterocycles. The number of aliphatic hydroxyl groups excluding tert-OH is 1. The van der Waals surface area contributed by atoms with Crippen LogP contribution in [0.2, 0.25) is 0 Å². The molecule has 1 N–H and O–H groups in total. The standard InChI is InChI=1S/C17H22N2O3/c1-4-7-19(8-9-20)17(21)15-10-12(2)18-16-6-5-13(22-3)11-14(15)16/h5-6,10-11,20H,4,7-9H2,1-3H3. The molecule has 0 unspecified atom stereocenters. The highest BCUT2D eigenvalue weighted by atomic mass is 16.5. The first kappa shape index (κ1) is 16.2. The molecule has 0 radical (unpaired) electrons. The van der Waals surface area contributed by atoms with Crippen LogP contribution in [0.3, 0.4) is 0 Å². The highest BCUT2D eigenvalue weighted by Gasteiger charge is 2.18. The molecule has 22 heavy (non-hydrogen) atoms. The summed E-state index contributed by atoms with van der Waals surface area (Å²) in [6, 6.07) is 7.32. The number of nitrogens with zero attached hydrogens (tertiary/aromatic N) is 2. The van der Waals surface area contributed by atoms with Crippen LogP contribution < -0.4 is 4.74 Å². The Morgan fingerprint density at radius 3 is 2.73 bits per heavy atom. The average molecular weight is 302 g/mol. The van der Waals surface area contributed by atoms with E-state index in [9.17, 15) is 9.90 Å². The van der Waals surface area contributed by atoms with Crippen LogP contribution in [-0.4, -0.2) is 47.7 Å². The van der Waals surface area contributed by atoms with Crippen LogP contribution in [0.4, 0.5) is 0 Å². The molecule has 2 rings (SSSR count). The Morgan fingerprint density at radius 2 is 2.09 bits per heavy atom. The molecular weight excluding hydrogens is 280 g/mol. The van der Waals surface area contributed by atoms with Gasteiger partial charge in [0.1, 0.15) is 5.75 Å². The molecule has 118 valence electrons. The van der Waals surface area contributed by atoms with Gasteiger partial charge in [-0.2, -0.15) is 0 Å². The van der Waals surface area contributed by atoms with E-state index in [1.807, 2.05) is 32.0 Å². The molecule has 5 nitrogen and oxygen atoms in total. The van der Waals surface area contributed by atoms with Gasteiger partial charge in [-0.15, -0.1) is 0 Å². The fraction of sp³-hybridized carbons (Fsp3) is 0.412. The first-order valence-corrected chi connectivity index (χ1v) is 7.46. The van der Waals surface area contributed by atoms with Crippen molar-refractivity contribution in [1.29, 1.82) is 0 Å². The largest absolute Gasteiger partial charge is 0.497 e. The van der Waals surface area contributed by atoms with Gasteiger partial charge in [0.05, 0.1) is 24.8 Å². The number of carbonyl (C=O) groups is 1. The van der Waals surface area contributed by atoms with Gasteiger partial charge in [-0.1, -0.05) is 6.92 Å². The lowest BCUT2D eigenvalue weighted by Gasteiger charge is -2.22. The van der Waals surface area contributed by atoms with Gasteiger partial charge >= 0.3 is 0 Å². The molecule has 1 heterocycles. The summed E-state index contributed by atoms with van der Waals surface area (Å²) in [4.78, 5) is 19.0. The number of ether oxygens (including phenoxy) is 1. The number of benzene rings is 1. The number of aromatic nitrogens is 1. The van der Waals surface area contributed by atoms with E-state index >= 15 is 0 Å². The van der Waals surface area contributed by atoms with E-state index in [2.05, 4.69) is 4.98 Å². The van der Waals surface area contributed by atoms with Crippen molar-refractivity contribution in [2.75, 3.05) is 26.8 Å². The summed E-state index contributed by atoms with van der Waals surface area (Å²) in [6.07, 6.45) is 0.844. The Kier molecular flexibility index (Phi) is 5.33. The number of methoxy groups -OCH3 is 1. The number of aliphatic hydroxyl groups is 1. The Hall–Kier alpha value is -2.14. The predicted octanol–water partition coefficient (Wildman–Crippen LogP) is 2.40. The number of rotatable bonds is 6. The molecule has 0 aliphatic heterocycles. The van der Waals surface area contributed by atoms with Crippen molar-refractivity contribution in [3.05, 3.63) is 35.5 Å². The normalized spacial score (nSPS) is 10.7. The third-order valence-electron chi connectivity index (χ3n) is 3.52. The maximum Gasteiger partial charge on any atom is 0.254 e. The van der Waals surface area contributed by atoms with Crippen LogP contribution in [0, 0.1) is 6.92 Å². The fourth-order valence-corrected chi connectivity index (χ4v) is 2.52. The van der Waals surface area contributed by atoms with Crippen LogP contribution >= 0.6 is 0 Å². The summed E-state index contributed by atoms with van der Waals surface area (Å²) in [7, 11) is 1.60. The van der Waals surface area contributed by atoms with Crippen LogP contribution in [0.5, 0.6) is 5.75 Å². The molecule has 0 aliphatic rings. The van der Waals surface area contributed by atoms with Crippen LogP contribution in [0.25, 0.3) is 10.9 Å². The first-order valence-electron chi connectivity index (χ1n) is 7.46. The molecule has 2 aromatic rings. The number of amides is 1. The second-order valence-corrected chi connectivity index (χ2v) is 5.21. The Balaban J connectivity index is 2.54. The number of hydrogen-bond acceptors (Lipinski definition) is 4. The SMILES string of the molecule is CCCN(CCO)C(=O)c1cc(C)nc2ccc(OC)cc12. The predicted molar refractivity (Wildman–Crippen MR) is 86.3 cm³/mol. The zero-order valence-corrected chi connectivity index (χ0v) is 13.3. The Morgan fingerprint density at radius 1 is 1.32 bits per heavy atom. The van der Waals surface area contributed by atoms with Crippen LogP contribution in [-0.2, 0) is 0 Å². The van der Waals surface area contributed by atoms with Crippen LogP contribution in [0.15, 0.2) is 24.3 Å². The van der Waals surface area contributed by atoms with E-state index in [1.54, 1.807) is 18.1 Å². The van der Waals surface area contributed by atoms with Gasteiger partial charge in [-0.05, 0) is 37.6 Å². The smallest absolute Gasteiger partial charge is 0.254 e. The summed E-state index contributed by atoms with van der Waals surface area (Å²) in [6.45, 7) is 4.79. The molecule has 1 aromatic heterocycles. The maximum atomic E-state index is 12.8. The lowest BCUT2D eigenvalue weighted by molar-refractivity contribution is 0.0724. The van der Waals surface area contributed by atoms with E-state index in [0.717, 1.165) is 23.0 Å². The van der Waals surface area contributed by atoms with E-state index in [-0.39, 0.29) is 12.5 Å². The van der Waals surface area contributed by atoms with E-state index < -0.39 is 0 Å². The topological polar surface area (TPSA) is 62.7 Å². The van der Waals surface area contributed by atoms with E-state index in [1.165, 1.54) is 0 Å². The van der Waals surface area contributed by atoms with E-state index in [0.29, 0.717) is 24.4 Å². The molecule has 0 aliphatic carbocycles. The van der Waals surface area contributed by atoms with Crippen LogP contribution in [0.1, 0.15) is 29.4 Å². The van der Waals surface area contributed by atoms with Gasteiger partial charge < -0.3 is 14.7 Å². The summed E-state index contributed by atoms with van der Waals surface area (Å²) >= 11 is 0. The van der Waals surface area contributed by atoms with Crippen molar-refractivity contribution in [1.82, 2.24) is 9.88 Å². The molecular formula is C17H22N2O3. The molecule has 0 atom stereocenters. The number of carbonyl (C=O) groups excluding carboxylic acids is 1. The third-order valence-corrected chi connectivity index (χ3v) is 3.52. The van der Waals surface area contributed by atoms with Gasteiger partial charge in [0.25, 0.3) is 5.91 Å².